The summed E-state index contributed by atoms with van der Waals surface area (Å²) < 4.78 is 11.3. The molecule has 0 fully saturated rings. The van der Waals surface area contributed by atoms with Gasteiger partial charge in [0, 0.05) is 22.6 Å². The standard InChI is InChI=1S/C19H21NO4S/c1-11-18(13(3)21)12(2)20-19(11)15(22)10-25-14-5-6-16-17(9-14)24-8-4-7-23-16/h5-6,9,20H,4,7-8,10H2,1-3H3. The molecule has 0 amide bonds. The first-order valence-electron chi connectivity index (χ1n) is 8.23. The summed E-state index contributed by atoms with van der Waals surface area (Å²) in [6, 6.07) is 5.72. The molecule has 132 valence electrons. The van der Waals surface area contributed by atoms with Crippen molar-refractivity contribution >= 4 is 23.3 Å². The van der Waals surface area contributed by atoms with E-state index in [2.05, 4.69) is 4.98 Å². The highest BCUT2D eigenvalue weighted by molar-refractivity contribution is 8.00. The fourth-order valence-electron chi connectivity index (χ4n) is 3.01. The normalized spacial score (nSPS) is 13.4. The SMILES string of the molecule is CC(=O)c1c(C)[nH]c(C(=O)CSc2ccc3c(c2)OCCCO3)c1C. The molecular weight excluding hydrogens is 338 g/mol. The van der Waals surface area contributed by atoms with Crippen LogP contribution in [-0.2, 0) is 0 Å². The maximum atomic E-state index is 12.6. The van der Waals surface area contributed by atoms with E-state index in [4.69, 9.17) is 9.47 Å². The Labute approximate surface area is 151 Å². The maximum Gasteiger partial charge on any atom is 0.189 e. The van der Waals surface area contributed by atoms with Gasteiger partial charge in [-0.3, -0.25) is 9.59 Å². The maximum absolute atomic E-state index is 12.6. The number of thioether (sulfide) groups is 1. The zero-order valence-corrected chi connectivity index (χ0v) is 15.4. The lowest BCUT2D eigenvalue weighted by Crippen LogP contribution is -2.05. The lowest BCUT2D eigenvalue weighted by atomic mass is 10.1. The van der Waals surface area contributed by atoms with Crippen LogP contribution in [0.5, 0.6) is 11.5 Å². The van der Waals surface area contributed by atoms with Gasteiger partial charge in [0.25, 0.3) is 0 Å². The van der Waals surface area contributed by atoms with Crippen molar-refractivity contribution in [3.05, 3.63) is 40.7 Å². The molecule has 25 heavy (non-hydrogen) atoms. The van der Waals surface area contributed by atoms with Crippen molar-refractivity contribution in [2.75, 3.05) is 19.0 Å². The van der Waals surface area contributed by atoms with E-state index in [-0.39, 0.29) is 17.3 Å². The van der Waals surface area contributed by atoms with Crippen LogP contribution in [0.4, 0.5) is 0 Å². The van der Waals surface area contributed by atoms with Crippen molar-refractivity contribution in [1.29, 1.82) is 0 Å². The molecule has 2 heterocycles. The quantitative estimate of drug-likeness (QED) is 0.646. The van der Waals surface area contributed by atoms with Crippen LogP contribution in [-0.4, -0.2) is 35.5 Å². The summed E-state index contributed by atoms with van der Waals surface area (Å²) in [6.07, 6.45) is 0.861. The van der Waals surface area contributed by atoms with Gasteiger partial charge in [-0.25, -0.2) is 0 Å². The summed E-state index contributed by atoms with van der Waals surface area (Å²) in [6.45, 7) is 6.43. The van der Waals surface area contributed by atoms with Gasteiger partial charge in [0.05, 0.1) is 24.7 Å². The summed E-state index contributed by atoms with van der Waals surface area (Å²) >= 11 is 1.45. The minimum atomic E-state index is -0.0270. The molecule has 0 saturated carbocycles. The minimum Gasteiger partial charge on any atom is -0.490 e. The topological polar surface area (TPSA) is 68.4 Å². The molecule has 2 aromatic rings. The molecule has 0 spiro atoms. The Morgan fingerprint density at radius 2 is 1.88 bits per heavy atom. The number of fused-ring (bicyclic) bond motifs is 1. The molecule has 0 unspecified atom stereocenters. The van der Waals surface area contributed by atoms with Crippen molar-refractivity contribution in [2.24, 2.45) is 0 Å². The Balaban J connectivity index is 1.72. The third-order valence-electron chi connectivity index (χ3n) is 4.16. The number of H-pyrrole nitrogens is 1. The first-order chi connectivity index (χ1) is 12.0. The fraction of sp³-hybridized carbons (Fsp3) is 0.368. The van der Waals surface area contributed by atoms with Crippen LogP contribution in [0.2, 0.25) is 0 Å². The van der Waals surface area contributed by atoms with Gasteiger partial charge in [0.2, 0.25) is 0 Å². The Morgan fingerprint density at radius 1 is 1.16 bits per heavy atom. The van der Waals surface area contributed by atoms with Crippen LogP contribution < -0.4 is 9.47 Å². The molecule has 0 atom stereocenters. The van der Waals surface area contributed by atoms with Gasteiger partial charge in [-0.1, -0.05) is 0 Å². The molecule has 0 bridgehead atoms. The molecule has 1 aliphatic rings. The van der Waals surface area contributed by atoms with E-state index in [1.807, 2.05) is 32.0 Å². The lowest BCUT2D eigenvalue weighted by molar-refractivity contribution is 0.101. The molecule has 5 nitrogen and oxygen atoms in total. The van der Waals surface area contributed by atoms with E-state index < -0.39 is 0 Å². The Hall–Kier alpha value is -2.21. The Bertz CT molecular complexity index is 825. The number of carbonyl (C=O) groups excluding carboxylic acids is 2. The van der Waals surface area contributed by atoms with Crippen LogP contribution in [0.25, 0.3) is 0 Å². The average Bonchev–Trinajstić information content (AvgIpc) is 2.74. The molecule has 1 aromatic heterocycles. The molecule has 0 radical (unpaired) electrons. The average molecular weight is 359 g/mol. The number of carbonyl (C=O) groups is 2. The van der Waals surface area contributed by atoms with Gasteiger partial charge in [-0.15, -0.1) is 11.8 Å². The van der Waals surface area contributed by atoms with Crippen LogP contribution in [0.1, 0.15) is 45.4 Å². The smallest absolute Gasteiger partial charge is 0.189 e. The van der Waals surface area contributed by atoms with E-state index in [1.165, 1.54) is 18.7 Å². The van der Waals surface area contributed by atoms with Gasteiger partial charge in [0.15, 0.2) is 23.1 Å². The van der Waals surface area contributed by atoms with Crippen molar-refractivity contribution in [1.82, 2.24) is 4.98 Å². The summed E-state index contributed by atoms with van der Waals surface area (Å²) in [5.74, 6) is 1.71. The fourth-order valence-corrected chi connectivity index (χ4v) is 3.81. The highest BCUT2D eigenvalue weighted by Crippen LogP contribution is 2.34. The van der Waals surface area contributed by atoms with Crippen LogP contribution >= 0.6 is 11.8 Å². The summed E-state index contributed by atoms with van der Waals surface area (Å²) in [5, 5.41) is 0. The monoisotopic (exact) mass is 359 g/mol. The minimum absolute atomic E-state index is 0.0230. The third-order valence-corrected chi connectivity index (χ3v) is 5.15. The van der Waals surface area contributed by atoms with E-state index >= 15 is 0 Å². The number of aryl methyl sites for hydroxylation is 1. The number of Topliss-reactive ketones (excluding diaryl/α,β-unsaturated/α-hetero) is 2. The highest BCUT2D eigenvalue weighted by atomic mass is 32.2. The van der Waals surface area contributed by atoms with Crippen molar-refractivity contribution in [2.45, 2.75) is 32.1 Å². The number of ether oxygens (including phenoxy) is 2. The Kier molecular flexibility index (Phi) is 5.18. The van der Waals surface area contributed by atoms with Crippen molar-refractivity contribution < 1.29 is 19.1 Å². The first-order valence-corrected chi connectivity index (χ1v) is 9.21. The summed E-state index contributed by atoms with van der Waals surface area (Å²) in [7, 11) is 0. The van der Waals surface area contributed by atoms with E-state index in [9.17, 15) is 9.59 Å². The number of nitrogens with one attached hydrogen (secondary N) is 1. The molecular formula is C19H21NO4S. The molecule has 0 aliphatic carbocycles. The lowest BCUT2D eigenvalue weighted by Gasteiger charge is -2.09. The molecule has 1 aromatic carbocycles. The number of ketones is 2. The molecule has 6 heteroatoms. The van der Waals surface area contributed by atoms with Crippen LogP contribution in [0.3, 0.4) is 0 Å². The van der Waals surface area contributed by atoms with Gasteiger partial charge in [0.1, 0.15) is 0 Å². The summed E-state index contributed by atoms with van der Waals surface area (Å²) in [4.78, 5) is 28.3. The predicted octanol–water partition coefficient (Wildman–Crippen LogP) is 3.97. The van der Waals surface area contributed by atoms with Crippen LogP contribution in [0, 0.1) is 13.8 Å². The number of hydrogen-bond donors (Lipinski definition) is 1. The number of aromatic amines is 1. The van der Waals surface area contributed by atoms with Gasteiger partial charge < -0.3 is 14.5 Å². The molecule has 1 aliphatic heterocycles. The largest absolute Gasteiger partial charge is 0.490 e. The molecule has 1 N–H and O–H groups in total. The van der Waals surface area contributed by atoms with E-state index in [1.54, 1.807) is 0 Å². The van der Waals surface area contributed by atoms with E-state index in [0.29, 0.717) is 24.5 Å². The zero-order valence-electron chi connectivity index (χ0n) is 14.6. The van der Waals surface area contributed by atoms with Crippen molar-refractivity contribution in [3.63, 3.8) is 0 Å². The number of hydrogen-bond acceptors (Lipinski definition) is 5. The van der Waals surface area contributed by atoms with Gasteiger partial charge in [-0.05, 0) is 44.5 Å². The second-order valence-corrected chi connectivity index (χ2v) is 7.10. The first kappa shape index (κ1) is 17.6. The van der Waals surface area contributed by atoms with Gasteiger partial charge >= 0.3 is 0 Å². The zero-order chi connectivity index (χ0) is 18.0. The number of rotatable bonds is 5. The number of benzene rings is 1. The van der Waals surface area contributed by atoms with Gasteiger partial charge in [-0.2, -0.15) is 0 Å². The Morgan fingerprint density at radius 3 is 2.56 bits per heavy atom. The molecule has 0 saturated heterocycles. The third kappa shape index (κ3) is 3.74. The highest BCUT2D eigenvalue weighted by Gasteiger charge is 2.20. The predicted molar refractivity (Wildman–Crippen MR) is 97.4 cm³/mol. The van der Waals surface area contributed by atoms with Crippen LogP contribution in [0.15, 0.2) is 23.1 Å². The van der Waals surface area contributed by atoms with Crippen molar-refractivity contribution in [3.8, 4) is 11.5 Å². The molecule has 3 rings (SSSR count). The second-order valence-electron chi connectivity index (χ2n) is 6.05. The summed E-state index contributed by atoms with van der Waals surface area (Å²) in [5.41, 5.74) is 2.61. The second kappa shape index (κ2) is 7.35. The number of aromatic nitrogens is 1. The van der Waals surface area contributed by atoms with E-state index in [0.717, 1.165) is 34.1 Å².